The summed E-state index contributed by atoms with van der Waals surface area (Å²) in [6.45, 7) is 10.3. The van der Waals surface area contributed by atoms with Gasteiger partial charge in [-0.3, -0.25) is 19.8 Å². The second kappa shape index (κ2) is 10.2. The molecular formula is C25H32FN3O3. The first-order valence-electron chi connectivity index (χ1n) is 11.2. The van der Waals surface area contributed by atoms with Gasteiger partial charge >= 0.3 is 0 Å². The van der Waals surface area contributed by atoms with Gasteiger partial charge in [-0.25, -0.2) is 4.39 Å². The van der Waals surface area contributed by atoms with E-state index in [1.165, 1.54) is 18.2 Å². The smallest absolute Gasteiger partial charge is 0.273 e. The number of carbonyl (C=O) groups excluding carboxylic acids is 1. The minimum atomic E-state index is -0.345. The summed E-state index contributed by atoms with van der Waals surface area (Å²) in [7, 11) is 0. The van der Waals surface area contributed by atoms with Crippen LogP contribution in [0.1, 0.15) is 44.7 Å². The number of para-hydroxylation sites is 1. The maximum Gasteiger partial charge on any atom is 0.273 e. The predicted molar refractivity (Wildman–Crippen MR) is 123 cm³/mol. The Morgan fingerprint density at radius 3 is 2.38 bits per heavy atom. The molecule has 2 atom stereocenters. The molecule has 0 saturated carbocycles. The minimum Gasteiger partial charge on any atom is -0.340 e. The van der Waals surface area contributed by atoms with Gasteiger partial charge in [-0.05, 0) is 37.5 Å². The molecule has 0 spiro atoms. The third kappa shape index (κ3) is 5.51. The number of halogens is 1. The van der Waals surface area contributed by atoms with E-state index >= 15 is 0 Å². The molecule has 2 aromatic carbocycles. The number of likely N-dealkylation sites (tertiary alicyclic amines) is 1. The zero-order valence-electron chi connectivity index (χ0n) is 19.2. The Bertz CT molecular complexity index is 946. The number of nitro benzene ring substituents is 1. The Morgan fingerprint density at radius 1 is 1.12 bits per heavy atom. The van der Waals surface area contributed by atoms with Crippen LogP contribution in [-0.4, -0.2) is 46.3 Å². The highest BCUT2D eigenvalue weighted by molar-refractivity contribution is 5.78. The average Bonchev–Trinajstić information content (AvgIpc) is 3.14. The Morgan fingerprint density at radius 2 is 1.78 bits per heavy atom. The van der Waals surface area contributed by atoms with Gasteiger partial charge in [-0.2, -0.15) is 0 Å². The molecule has 172 valence electrons. The van der Waals surface area contributed by atoms with Crippen molar-refractivity contribution in [2.75, 3.05) is 19.6 Å². The molecule has 0 aliphatic carbocycles. The summed E-state index contributed by atoms with van der Waals surface area (Å²) in [5, 5.41) is 11.4. The summed E-state index contributed by atoms with van der Waals surface area (Å²) in [5.41, 5.74) is 1.82. The average molecular weight is 442 g/mol. The molecule has 7 heteroatoms. The third-order valence-electron chi connectivity index (χ3n) is 6.23. The van der Waals surface area contributed by atoms with Crippen molar-refractivity contribution in [1.29, 1.82) is 0 Å². The van der Waals surface area contributed by atoms with Crippen LogP contribution in [0.5, 0.6) is 0 Å². The maximum absolute atomic E-state index is 13.5. The first-order valence-corrected chi connectivity index (χ1v) is 11.2. The van der Waals surface area contributed by atoms with E-state index in [9.17, 15) is 19.3 Å². The van der Waals surface area contributed by atoms with Crippen molar-refractivity contribution in [2.24, 2.45) is 11.8 Å². The lowest BCUT2D eigenvalue weighted by molar-refractivity contribution is -0.385. The lowest BCUT2D eigenvalue weighted by Crippen LogP contribution is -2.43. The van der Waals surface area contributed by atoms with Crippen LogP contribution in [0, 0.1) is 27.8 Å². The van der Waals surface area contributed by atoms with E-state index in [1.807, 2.05) is 50.8 Å². The summed E-state index contributed by atoms with van der Waals surface area (Å²) in [6, 6.07) is 13.4. The maximum atomic E-state index is 13.5. The van der Waals surface area contributed by atoms with E-state index in [0.717, 1.165) is 5.56 Å². The fraction of sp³-hybridized carbons (Fsp3) is 0.480. The molecule has 1 saturated heterocycles. The van der Waals surface area contributed by atoms with Crippen LogP contribution >= 0.6 is 0 Å². The summed E-state index contributed by atoms with van der Waals surface area (Å²) in [6.07, 6.45) is 0. The standard InChI is InChI=1S/C25H32FN3O3/c1-17(2)25(30)28(18(3)4)15-21-14-27(13-20-7-5-6-8-24(20)29(31)32)16-23(21)19-9-11-22(26)12-10-19/h5-12,17-18,21,23H,13-16H2,1-4H3. The van der Waals surface area contributed by atoms with Gasteiger partial charge in [0.1, 0.15) is 5.82 Å². The topological polar surface area (TPSA) is 66.7 Å². The number of hydrogen-bond donors (Lipinski definition) is 0. The predicted octanol–water partition coefficient (Wildman–Crippen LogP) is 4.84. The van der Waals surface area contributed by atoms with E-state index in [-0.39, 0.29) is 46.1 Å². The Hall–Kier alpha value is -2.80. The first kappa shape index (κ1) is 23.9. The number of carbonyl (C=O) groups is 1. The van der Waals surface area contributed by atoms with Crippen LogP contribution in [0.4, 0.5) is 10.1 Å². The number of rotatable bonds is 8. The van der Waals surface area contributed by atoms with E-state index in [4.69, 9.17) is 0 Å². The number of amides is 1. The van der Waals surface area contributed by atoms with Crippen molar-refractivity contribution in [3.63, 3.8) is 0 Å². The van der Waals surface area contributed by atoms with E-state index < -0.39 is 0 Å². The highest BCUT2D eigenvalue weighted by atomic mass is 19.1. The molecule has 1 aliphatic heterocycles. The largest absolute Gasteiger partial charge is 0.340 e. The number of nitro groups is 1. The summed E-state index contributed by atoms with van der Waals surface area (Å²) in [4.78, 5) is 28.1. The van der Waals surface area contributed by atoms with Crippen molar-refractivity contribution in [3.8, 4) is 0 Å². The monoisotopic (exact) mass is 441 g/mol. The van der Waals surface area contributed by atoms with Crippen LogP contribution in [0.3, 0.4) is 0 Å². The van der Waals surface area contributed by atoms with E-state index in [1.54, 1.807) is 12.1 Å². The number of nitrogens with zero attached hydrogens (tertiary/aromatic N) is 3. The van der Waals surface area contributed by atoms with E-state index in [0.29, 0.717) is 31.7 Å². The zero-order valence-corrected chi connectivity index (χ0v) is 19.2. The molecule has 2 aromatic rings. The molecule has 0 radical (unpaired) electrons. The van der Waals surface area contributed by atoms with Crippen LogP contribution in [0.2, 0.25) is 0 Å². The molecule has 1 heterocycles. The molecule has 1 aliphatic rings. The lowest BCUT2D eigenvalue weighted by Gasteiger charge is -2.33. The van der Waals surface area contributed by atoms with Gasteiger partial charge in [0.15, 0.2) is 0 Å². The summed E-state index contributed by atoms with van der Waals surface area (Å²) in [5.74, 6) is 0.00733. The van der Waals surface area contributed by atoms with Crippen LogP contribution in [0.15, 0.2) is 48.5 Å². The Kier molecular flexibility index (Phi) is 7.61. The summed E-state index contributed by atoms with van der Waals surface area (Å²) < 4.78 is 13.5. The molecule has 3 rings (SSSR count). The van der Waals surface area contributed by atoms with Gasteiger partial charge in [0, 0.05) is 55.7 Å². The van der Waals surface area contributed by atoms with Crippen molar-refractivity contribution >= 4 is 11.6 Å². The van der Waals surface area contributed by atoms with Crippen LogP contribution in [-0.2, 0) is 11.3 Å². The zero-order chi connectivity index (χ0) is 23.4. The molecule has 0 N–H and O–H groups in total. The molecular weight excluding hydrogens is 409 g/mol. The highest BCUT2D eigenvalue weighted by Gasteiger charge is 2.37. The van der Waals surface area contributed by atoms with Gasteiger partial charge in [0.2, 0.25) is 5.91 Å². The molecule has 0 aromatic heterocycles. The van der Waals surface area contributed by atoms with Gasteiger partial charge in [0.05, 0.1) is 4.92 Å². The van der Waals surface area contributed by atoms with Crippen molar-refractivity contribution in [3.05, 3.63) is 75.6 Å². The quantitative estimate of drug-likeness (QED) is 0.434. The highest BCUT2D eigenvalue weighted by Crippen LogP contribution is 2.35. The molecule has 32 heavy (non-hydrogen) atoms. The first-order chi connectivity index (χ1) is 15.2. The third-order valence-corrected chi connectivity index (χ3v) is 6.23. The fourth-order valence-electron chi connectivity index (χ4n) is 4.57. The number of benzene rings is 2. The molecule has 6 nitrogen and oxygen atoms in total. The van der Waals surface area contributed by atoms with Crippen molar-refractivity contribution < 1.29 is 14.1 Å². The fourth-order valence-corrected chi connectivity index (χ4v) is 4.57. The van der Waals surface area contributed by atoms with Gasteiger partial charge in [0.25, 0.3) is 5.69 Å². The summed E-state index contributed by atoms with van der Waals surface area (Å²) >= 11 is 0. The van der Waals surface area contributed by atoms with E-state index in [2.05, 4.69) is 4.90 Å². The molecule has 1 fully saturated rings. The van der Waals surface area contributed by atoms with Gasteiger partial charge in [-0.15, -0.1) is 0 Å². The Balaban J connectivity index is 1.87. The molecule has 1 amide bonds. The second-order valence-corrected chi connectivity index (χ2v) is 9.24. The van der Waals surface area contributed by atoms with Crippen LogP contribution in [0.25, 0.3) is 0 Å². The Labute approximate surface area is 189 Å². The SMILES string of the molecule is CC(C)C(=O)N(CC1CN(Cc2ccccc2[N+](=O)[O-])CC1c1ccc(F)cc1)C(C)C. The van der Waals surface area contributed by atoms with Gasteiger partial charge in [-0.1, -0.05) is 44.2 Å². The van der Waals surface area contributed by atoms with Crippen molar-refractivity contribution in [2.45, 2.75) is 46.2 Å². The molecule has 2 unspecified atom stereocenters. The van der Waals surface area contributed by atoms with Crippen LogP contribution < -0.4 is 0 Å². The normalized spacial score (nSPS) is 19.0. The lowest BCUT2D eigenvalue weighted by atomic mass is 9.88. The number of hydrogen-bond acceptors (Lipinski definition) is 4. The minimum absolute atomic E-state index is 0.0722. The van der Waals surface area contributed by atoms with Crippen molar-refractivity contribution in [1.82, 2.24) is 9.80 Å². The van der Waals surface area contributed by atoms with Gasteiger partial charge < -0.3 is 4.90 Å². The molecule has 0 bridgehead atoms. The second-order valence-electron chi connectivity index (χ2n) is 9.24.